The molecule has 0 fully saturated rings. The smallest absolute Gasteiger partial charge is 0.0912 e. The van der Waals surface area contributed by atoms with Crippen LogP contribution in [0.15, 0.2) is 24.3 Å². The van der Waals surface area contributed by atoms with Gasteiger partial charge in [0.25, 0.3) is 0 Å². The van der Waals surface area contributed by atoms with Crippen molar-refractivity contribution in [2.45, 2.75) is 13.8 Å². The molecule has 0 saturated carbocycles. The van der Waals surface area contributed by atoms with Crippen LogP contribution in [0.4, 0.5) is 0 Å². The second-order valence-corrected chi connectivity index (χ2v) is 2.77. The van der Waals surface area contributed by atoms with Crippen molar-refractivity contribution in [2.24, 2.45) is 0 Å². The molecule has 0 amide bonds. The van der Waals surface area contributed by atoms with Gasteiger partial charge in [-0.3, -0.25) is 0 Å². The van der Waals surface area contributed by atoms with Crippen LogP contribution in [0.3, 0.4) is 0 Å². The normalized spacial score (nSPS) is 10.1. The molecule has 60 valence electrons. The lowest BCUT2D eigenvalue weighted by molar-refractivity contribution is 1.36. The van der Waals surface area contributed by atoms with Crippen molar-refractivity contribution in [2.75, 3.05) is 0 Å². The molecule has 0 aliphatic rings. The molecular weight excluding hydrogens is 146 g/mol. The van der Waals surface area contributed by atoms with Crippen LogP contribution in [-0.2, 0) is 0 Å². The van der Waals surface area contributed by atoms with Crippen molar-refractivity contribution in [3.63, 3.8) is 0 Å². The molecule has 0 aliphatic carbocycles. The topological polar surface area (TPSA) is 23.8 Å². The maximum atomic E-state index is 8.37. The van der Waals surface area contributed by atoms with Gasteiger partial charge < -0.3 is 0 Å². The second-order valence-electron chi connectivity index (χ2n) is 2.77. The van der Waals surface area contributed by atoms with E-state index < -0.39 is 0 Å². The predicted molar refractivity (Wildman–Crippen MR) is 50.6 cm³/mol. The molecule has 0 N–H and O–H groups in total. The molecule has 12 heavy (non-hydrogen) atoms. The van der Waals surface area contributed by atoms with Crippen LogP contribution in [0.2, 0.25) is 0 Å². The Morgan fingerprint density at radius 1 is 1.25 bits per heavy atom. The molecule has 0 saturated heterocycles. The first-order chi connectivity index (χ1) is 5.75. The van der Waals surface area contributed by atoms with Crippen molar-refractivity contribution in [3.05, 3.63) is 41.0 Å². The number of hydrogen-bond acceptors (Lipinski definition) is 1. The molecule has 0 aliphatic heterocycles. The van der Waals surface area contributed by atoms with Gasteiger partial charge in [-0.1, -0.05) is 18.2 Å². The summed E-state index contributed by atoms with van der Waals surface area (Å²) in [5, 5.41) is 8.37. The fourth-order valence-electron chi connectivity index (χ4n) is 1.21. The predicted octanol–water partition coefficient (Wildman–Crippen LogP) is 2.84. The number of allylic oxidation sites excluding steroid dienone is 1. The molecule has 0 unspecified atom stereocenters. The molecule has 1 nitrogen and oxygen atoms in total. The second kappa shape index (κ2) is 3.73. The summed E-state index contributed by atoms with van der Waals surface area (Å²) < 4.78 is 0. The number of benzene rings is 1. The van der Waals surface area contributed by atoms with E-state index in [9.17, 15) is 0 Å². The van der Waals surface area contributed by atoms with Gasteiger partial charge in [-0.2, -0.15) is 5.26 Å². The molecule has 0 atom stereocenters. The summed E-state index contributed by atoms with van der Waals surface area (Å²) in [5.74, 6) is 0. The monoisotopic (exact) mass is 157 g/mol. The van der Waals surface area contributed by atoms with E-state index in [-0.39, 0.29) is 0 Å². The van der Waals surface area contributed by atoms with Gasteiger partial charge in [0.15, 0.2) is 0 Å². The van der Waals surface area contributed by atoms with E-state index in [2.05, 4.69) is 0 Å². The maximum absolute atomic E-state index is 8.37. The Morgan fingerprint density at radius 2 is 1.83 bits per heavy atom. The van der Waals surface area contributed by atoms with Crippen molar-refractivity contribution >= 4 is 6.08 Å². The molecule has 0 heterocycles. The lowest BCUT2D eigenvalue weighted by Crippen LogP contribution is -1.84. The quantitative estimate of drug-likeness (QED) is 0.575. The molecule has 0 bridgehead atoms. The van der Waals surface area contributed by atoms with Gasteiger partial charge in [-0.05, 0) is 36.6 Å². The van der Waals surface area contributed by atoms with E-state index in [4.69, 9.17) is 5.26 Å². The Bertz CT molecular complexity index is 322. The zero-order valence-electron chi connectivity index (χ0n) is 7.33. The fourth-order valence-corrected chi connectivity index (χ4v) is 1.21. The molecule has 0 spiro atoms. The van der Waals surface area contributed by atoms with Crippen molar-refractivity contribution < 1.29 is 0 Å². The minimum Gasteiger partial charge on any atom is -0.193 e. The Labute approximate surface area is 73.0 Å². The minimum atomic E-state index is 1.15. The van der Waals surface area contributed by atoms with Gasteiger partial charge in [0.05, 0.1) is 6.07 Å². The lowest BCUT2D eigenvalue weighted by atomic mass is 10.0. The van der Waals surface area contributed by atoms with Crippen molar-refractivity contribution in [1.82, 2.24) is 0 Å². The Hall–Kier alpha value is -1.55. The largest absolute Gasteiger partial charge is 0.193 e. The summed E-state index contributed by atoms with van der Waals surface area (Å²) in [6, 6.07) is 8.10. The maximum Gasteiger partial charge on any atom is 0.0912 e. The summed E-state index contributed by atoms with van der Waals surface area (Å²) >= 11 is 0. The van der Waals surface area contributed by atoms with Crippen LogP contribution in [0.5, 0.6) is 0 Å². The minimum absolute atomic E-state index is 1.15. The van der Waals surface area contributed by atoms with E-state index in [1.54, 1.807) is 0 Å². The first kappa shape index (κ1) is 8.55. The summed E-state index contributed by atoms with van der Waals surface area (Å²) in [7, 11) is 0. The highest BCUT2D eigenvalue weighted by Crippen LogP contribution is 2.14. The SMILES string of the molecule is Cc1cccc(C)c1/C=C/C#N. The van der Waals surface area contributed by atoms with E-state index in [1.807, 2.05) is 44.2 Å². The average molecular weight is 157 g/mol. The van der Waals surface area contributed by atoms with E-state index in [0.29, 0.717) is 0 Å². The number of aryl methyl sites for hydroxylation is 2. The highest BCUT2D eigenvalue weighted by Gasteiger charge is 1.95. The Morgan fingerprint density at radius 3 is 2.33 bits per heavy atom. The summed E-state index contributed by atoms with van der Waals surface area (Å²) in [4.78, 5) is 0. The Balaban J connectivity index is 3.15. The van der Waals surface area contributed by atoms with Crippen LogP contribution in [0.25, 0.3) is 6.08 Å². The van der Waals surface area contributed by atoms with Crippen LogP contribution in [0.1, 0.15) is 16.7 Å². The van der Waals surface area contributed by atoms with Crippen molar-refractivity contribution in [1.29, 1.82) is 5.26 Å². The average Bonchev–Trinajstić information content (AvgIpc) is 2.04. The lowest BCUT2D eigenvalue weighted by Gasteiger charge is -2.02. The van der Waals surface area contributed by atoms with Gasteiger partial charge >= 0.3 is 0 Å². The summed E-state index contributed by atoms with van der Waals surface area (Å²) in [5.41, 5.74) is 3.57. The molecule has 1 rings (SSSR count). The Kier molecular flexibility index (Phi) is 2.66. The summed E-state index contributed by atoms with van der Waals surface area (Å²) in [6.07, 6.45) is 3.36. The zero-order chi connectivity index (χ0) is 8.97. The molecule has 1 aromatic rings. The standard InChI is InChI=1S/C11H11N/c1-9-5-3-6-10(2)11(9)7-4-8-12/h3-7H,1-2H3/b7-4+. The third kappa shape index (κ3) is 1.73. The highest BCUT2D eigenvalue weighted by atomic mass is 14.2. The highest BCUT2D eigenvalue weighted by molar-refractivity contribution is 5.58. The van der Waals surface area contributed by atoms with E-state index in [1.165, 1.54) is 17.2 Å². The summed E-state index contributed by atoms with van der Waals surface area (Å²) in [6.45, 7) is 4.09. The van der Waals surface area contributed by atoms with Crippen LogP contribution >= 0.6 is 0 Å². The third-order valence-corrected chi connectivity index (χ3v) is 1.87. The first-order valence-electron chi connectivity index (χ1n) is 3.88. The van der Waals surface area contributed by atoms with Gasteiger partial charge in [-0.25, -0.2) is 0 Å². The van der Waals surface area contributed by atoms with E-state index >= 15 is 0 Å². The van der Waals surface area contributed by atoms with Gasteiger partial charge in [0.1, 0.15) is 0 Å². The van der Waals surface area contributed by atoms with E-state index in [0.717, 1.165) is 5.56 Å². The molecule has 0 radical (unpaired) electrons. The molecule has 1 heteroatoms. The van der Waals surface area contributed by atoms with Gasteiger partial charge in [0, 0.05) is 6.08 Å². The first-order valence-corrected chi connectivity index (χ1v) is 3.88. The zero-order valence-corrected chi connectivity index (χ0v) is 7.33. The molecule has 1 aromatic carbocycles. The van der Waals surface area contributed by atoms with Crippen molar-refractivity contribution in [3.8, 4) is 6.07 Å². The molecular formula is C11H11N. The number of nitrogens with zero attached hydrogens (tertiary/aromatic N) is 1. The van der Waals surface area contributed by atoms with Gasteiger partial charge in [-0.15, -0.1) is 0 Å². The number of rotatable bonds is 1. The van der Waals surface area contributed by atoms with Crippen LogP contribution < -0.4 is 0 Å². The van der Waals surface area contributed by atoms with Gasteiger partial charge in [0.2, 0.25) is 0 Å². The number of nitriles is 1. The van der Waals surface area contributed by atoms with Crippen LogP contribution in [-0.4, -0.2) is 0 Å². The third-order valence-electron chi connectivity index (χ3n) is 1.87. The fraction of sp³-hybridized carbons (Fsp3) is 0.182. The number of hydrogen-bond donors (Lipinski definition) is 0. The molecule has 0 aromatic heterocycles. The van der Waals surface area contributed by atoms with Crippen LogP contribution in [0, 0.1) is 25.2 Å².